The Bertz CT molecular complexity index is 927. The maximum absolute atomic E-state index is 13.1. The Morgan fingerprint density at radius 2 is 2.03 bits per heavy atom. The summed E-state index contributed by atoms with van der Waals surface area (Å²) in [6.45, 7) is 11.1. The highest BCUT2D eigenvalue weighted by Crippen LogP contribution is 2.33. The highest BCUT2D eigenvalue weighted by molar-refractivity contribution is 7.99. The first kappa shape index (κ1) is 21.8. The van der Waals surface area contributed by atoms with Crippen LogP contribution in [-0.2, 0) is 19.8 Å². The number of rotatable bonds is 8. The summed E-state index contributed by atoms with van der Waals surface area (Å²) in [6, 6.07) is -0.241. The summed E-state index contributed by atoms with van der Waals surface area (Å²) in [4.78, 5) is 30.2. The van der Waals surface area contributed by atoms with Crippen molar-refractivity contribution in [2.24, 2.45) is 0 Å². The number of hydrogen-bond acceptors (Lipinski definition) is 7. The van der Waals surface area contributed by atoms with Crippen LogP contribution in [0.4, 0.5) is 0 Å². The van der Waals surface area contributed by atoms with Crippen LogP contribution >= 0.6 is 11.8 Å². The molecule has 0 fully saturated rings. The molecule has 160 valence electrons. The van der Waals surface area contributed by atoms with Crippen molar-refractivity contribution in [2.75, 3.05) is 25.5 Å². The first-order valence-corrected chi connectivity index (χ1v) is 10.9. The molecule has 1 amide bonds. The van der Waals surface area contributed by atoms with Crippen molar-refractivity contribution in [2.45, 2.75) is 64.1 Å². The van der Waals surface area contributed by atoms with Crippen LogP contribution in [0, 0.1) is 0 Å². The van der Waals surface area contributed by atoms with Gasteiger partial charge in [0, 0.05) is 25.4 Å². The number of aromatic nitrogens is 4. The summed E-state index contributed by atoms with van der Waals surface area (Å²) in [5.74, 6) is 0.483. The maximum Gasteiger partial charge on any atom is 0.265 e. The van der Waals surface area contributed by atoms with Gasteiger partial charge in [0.15, 0.2) is 17.1 Å². The molecular weight excluding hydrogens is 394 g/mol. The molecule has 3 heterocycles. The summed E-state index contributed by atoms with van der Waals surface area (Å²) in [6.07, 6.45) is 1.30. The number of nitrogens with zero attached hydrogens (tertiary/aromatic N) is 4. The quantitative estimate of drug-likeness (QED) is 0.511. The van der Waals surface area contributed by atoms with E-state index < -0.39 is 6.29 Å². The van der Waals surface area contributed by atoms with Gasteiger partial charge in [-0.15, -0.1) is 0 Å². The number of amides is 1. The lowest BCUT2D eigenvalue weighted by Crippen LogP contribution is -2.37. The largest absolute Gasteiger partial charge is 0.351 e. The molecule has 1 aliphatic heterocycles. The molecule has 0 bridgehead atoms. The van der Waals surface area contributed by atoms with Crippen LogP contribution in [-0.4, -0.2) is 57.0 Å². The fourth-order valence-corrected chi connectivity index (χ4v) is 4.42. The van der Waals surface area contributed by atoms with Crippen LogP contribution in [0.2, 0.25) is 0 Å². The lowest BCUT2D eigenvalue weighted by molar-refractivity contribution is -0.140. The fourth-order valence-electron chi connectivity index (χ4n) is 3.29. The third-order valence-corrected chi connectivity index (χ3v) is 5.70. The Morgan fingerprint density at radius 3 is 2.66 bits per heavy atom. The molecule has 0 aromatic carbocycles. The molecule has 0 saturated carbocycles. The number of ether oxygens (including phenoxy) is 2. The minimum Gasteiger partial charge on any atom is -0.351 e. The van der Waals surface area contributed by atoms with Gasteiger partial charge in [0.05, 0.1) is 24.3 Å². The predicted molar refractivity (Wildman–Crippen MR) is 111 cm³/mol. The van der Waals surface area contributed by atoms with Crippen LogP contribution in [0.3, 0.4) is 0 Å². The van der Waals surface area contributed by atoms with Crippen LogP contribution < -0.4 is 10.9 Å². The Balaban J connectivity index is 1.75. The van der Waals surface area contributed by atoms with E-state index in [2.05, 4.69) is 15.4 Å². The molecular formula is C19H29N5O4S. The number of hydrogen-bond donors (Lipinski definition) is 1. The molecule has 1 unspecified atom stereocenters. The zero-order valence-electron chi connectivity index (χ0n) is 17.6. The maximum atomic E-state index is 13.1. The number of carbonyl (C=O) groups is 1. The normalized spacial score (nSPS) is 16.6. The summed E-state index contributed by atoms with van der Waals surface area (Å²) < 4.78 is 14.3. The van der Waals surface area contributed by atoms with Crippen molar-refractivity contribution in [3.8, 4) is 0 Å². The Labute approximate surface area is 174 Å². The Kier molecular flexibility index (Phi) is 6.65. The monoisotopic (exact) mass is 423 g/mol. The van der Waals surface area contributed by atoms with Gasteiger partial charge >= 0.3 is 0 Å². The second-order valence-electron chi connectivity index (χ2n) is 7.85. The SMILES string of the molecule is CCOC(CNC(=O)CC1CSc2nc3c(cnn3C(C)(C)C)c(=O)n21)OCC. The fraction of sp³-hybridized carbons (Fsp3) is 0.684. The summed E-state index contributed by atoms with van der Waals surface area (Å²) >= 11 is 1.49. The Hall–Kier alpha value is -1.91. The second kappa shape index (κ2) is 8.85. The minimum atomic E-state index is -0.466. The van der Waals surface area contributed by atoms with E-state index in [9.17, 15) is 9.59 Å². The van der Waals surface area contributed by atoms with E-state index in [1.54, 1.807) is 15.4 Å². The summed E-state index contributed by atoms with van der Waals surface area (Å²) in [5.41, 5.74) is 0.160. The predicted octanol–water partition coefficient (Wildman–Crippen LogP) is 1.90. The molecule has 1 atom stereocenters. The zero-order valence-corrected chi connectivity index (χ0v) is 18.4. The zero-order chi connectivity index (χ0) is 21.2. The average Bonchev–Trinajstić information content (AvgIpc) is 3.25. The van der Waals surface area contributed by atoms with Crippen molar-refractivity contribution < 1.29 is 14.3 Å². The van der Waals surface area contributed by atoms with Gasteiger partial charge in [-0.05, 0) is 34.6 Å². The van der Waals surface area contributed by atoms with Crippen molar-refractivity contribution in [1.82, 2.24) is 24.6 Å². The molecule has 9 nitrogen and oxygen atoms in total. The third kappa shape index (κ3) is 4.65. The Morgan fingerprint density at radius 1 is 1.34 bits per heavy atom. The van der Waals surface area contributed by atoms with Gasteiger partial charge in [0.2, 0.25) is 5.91 Å². The number of fused-ring (bicyclic) bond motifs is 2. The lowest BCUT2D eigenvalue weighted by Gasteiger charge is -2.20. The van der Waals surface area contributed by atoms with Crippen LogP contribution in [0.5, 0.6) is 0 Å². The van der Waals surface area contributed by atoms with Crippen molar-refractivity contribution in [3.05, 3.63) is 16.6 Å². The molecule has 0 aliphatic carbocycles. The van der Waals surface area contributed by atoms with Crippen molar-refractivity contribution in [1.29, 1.82) is 0 Å². The van der Waals surface area contributed by atoms with Gasteiger partial charge in [-0.25, -0.2) is 9.67 Å². The van der Waals surface area contributed by atoms with Crippen molar-refractivity contribution in [3.63, 3.8) is 0 Å². The molecule has 2 aromatic heterocycles. The number of thioether (sulfide) groups is 1. The standard InChI is InChI=1S/C19H29N5O4S/c1-6-27-15(28-7-2)10-20-14(25)8-12-11-29-18-22-16-13(17(26)23(12)18)9-21-24(16)19(3,4)5/h9,12,15H,6-8,10-11H2,1-5H3,(H,20,25). The molecule has 3 rings (SSSR count). The molecule has 1 N–H and O–H groups in total. The molecule has 0 radical (unpaired) electrons. The van der Waals surface area contributed by atoms with Crippen LogP contribution in [0.15, 0.2) is 16.1 Å². The van der Waals surface area contributed by atoms with Gasteiger partial charge < -0.3 is 14.8 Å². The average molecular weight is 424 g/mol. The minimum absolute atomic E-state index is 0.148. The summed E-state index contributed by atoms with van der Waals surface area (Å²) in [5, 5.41) is 8.31. The van der Waals surface area contributed by atoms with Gasteiger partial charge in [-0.1, -0.05) is 11.8 Å². The molecule has 10 heteroatoms. The van der Waals surface area contributed by atoms with E-state index in [1.165, 1.54) is 11.8 Å². The van der Waals surface area contributed by atoms with E-state index in [0.29, 0.717) is 35.2 Å². The van der Waals surface area contributed by atoms with Gasteiger partial charge in [-0.3, -0.25) is 14.2 Å². The molecule has 1 aliphatic rings. The van der Waals surface area contributed by atoms with Crippen LogP contribution in [0.1, 0.15) is 47.1 Å². The second-order valence-corrected chi connectivity index (χ2v) is 8.83. The van der Waals surface area contributed by atoms with Gasteiger partial charge in [0.1, 0.15) is 5.39 Å². The molecule has 29 heavy (non-hydrogen) atoms. The smallest absolute Gasteiger partial charge is 0.265 e. The van der Waals surface area contributed by atoms with E-state index in [4.69, 9.17) is 9.47 Å². The third-order valence-electron chi connectivity index (χ3n) is 4.60. The first-order chi connectivity index (χ1) is 13.8. The van der Waals surface area contributed by atoms with E-state index in [1.807, 2.05) is 34.6 Å². The molecule has 0 spiro atoms. The lowest BCUT2D eigenvalue weighted by atomic mass is 10.1. The van der Waals surface area contributed by atoms with Gasteiger partial charge in [-0.2, -0.15) is 5.10 Å². The highest BCUT2D eigenvalue weighted by atomic mass is 32.2. The van der Waals surface area contributed by atoms with E-state index in [-0.39, 0.29) is 36.0 Å². The van der Waals surface area contributed by atoms with Crippen LogP contribution in [0.25, 0.3) is 11.0 Å². The number of nitrogens with one attached hydrogen (secondary N) is 1. The first-order valence-electron chi connectivity index (χ1n) is 9.89. The molecule has 2 aromatic rings. The topological polar surface area (TPSA) is 100 Å². The number of carbonyl (C=O) groups excluding carboxylic acids is 1. The molecule has 0 saturated heterocycles. The van der Waals surface area contributed by atoms with E-state index >= 15 is 0 Å². The van der Waals surface area contributed by atoms with Gasteiger partial charge in [0.25, 0.3) is 5.56 Å². The summed E-state index contributed by atoms with van der Waals surface area (Å²) in [7, 11) is 0. The van der Waals surface area contributed by atoms with E-state index in [0.717, 1.165) is 0 Å². The highest BCUT2D eigenvalue weighted by Gasteiger charge is 2.30. The van der Waals surface area contributed by atoms with Crippen molar-refractivity contribution >= 4 is 28.7 Å².